The van der Waals surface area contributed by atoms with Gasteiger partial charge in [0.2, 0.25) is 0 Å². The molecule has 0 aliphatic heterocycles. The van der Waals surface area contributed by atoms with E-state index in [2.05, 4.69) is 10.3 Å². The van der Waals surface area contributed by atoms with E-state index in [-0.39, 0.29) is 11.6 Å². The van der Waals surface area contributed by atoms with Crippen LogP contribution in [0.5, 0.6) is 5.75 Å². The number of anilines is 1. The molecular weight excluding hydrogens is 288 g/mol. The second-order valence-electron chi connectivity index (χ2n) is 4.19. The molecule has 0 spiro atoms. The number of carbonyl (C=O) groups excluding carboxylic acids is 1. The highest BCUT2D eigenvalue weighted by atomic mass is 32.1. The minimum absolute atomic E-state index is 0.264. The van der Waals surface area contributed by atoms with E-state index >= 15 is 0 Å². The summed E-state index contributed by atoms with van der Waals surface area (Å²) in [5.74, 6) is 0.831. The Bertz CT molecular complexity index is 750. The fourth-order valence-corrected chi connectivity index (χ4v) is 2.59. The largest absolute Gasteiger partial charge is 0.497 e. The smallest absolute Gasteiger partial charge is 0.278 e. The van der Waals surface area contributed by atoms with E-state index in [1.807, 2.05) is 23.6 Å². The van der Waals surface area contributed by atoms with E-state index in [0.717, 1.165) is 4.88 Å². The van der Waals surface area contributed by atoms with Crippen molar-refractivity contribution in [1.82, 2.24) is 4.98 Å². The van der Waals surface area contributed by atoms with Gasteiger partial charge in [0.25, 0.3) is 5.91 Å². The van der Waals surface area contributed by atoms with Crippen molar-refractivity contribution in [2.75, 3.05) is 12.4 Å². The number of aromatic nitrogens is 1. The van der Waals surface area contributed by atoms with Crippen molar-refractivity contribution in [3.05, 3.63) is 53.9 Å². The van der Waals surface area contributed by atoms with E-state index < -0.39 is 0 Å². The number of amides is 1. The number of hydrogen-bond donors (Lipinski definition) is 1. The first-order chi connectivity index (χ1) is 10.3. The summed E-state index contributed by atoms with van der Waals surface area (Å²) >= 11 is 1.49. The molecule has 3 aromatic rings. The Kier molecular flexibility index (Phi) is 3.70. The summed E-state index contributed by atoms with van der Waals surface area (Å²) in [6, 6.07) is 10.9. The van der Waals surface area contributed by atoms with Crippen LogP contribution in [0.1, 0.15) is 10.5 Å². The maximum Gasteiger partial charge on any atom is 0.278 e. The molecule has 21 heavy (non-hydrogen) atoms. The minimum Gasteiger partial charge on any atom is -0.497 e. The average Bonchev–Trinajstić information content (AvgIpc) is 3.18. The summed E-state index contributed by atoms with van der Waals surface area (Å²) in [5.41, 5.74) is 0.903. The average molecular weight is 300 g/mol. The molecule has 106 valence electrons. The number of ether oxygens (including phenoxy) is 1. The van der Waals surface area contributed by atoms with Crippen LogP contribution in [0, 0.1) is 0 Å². The van der Waals surface area contributed by atoms with Crippen LogP contribution in [0.4, 0.5) is 5.69 Å². The van der Waals surface area contributed by atoms with Crippen LogP contribution in [-0.4, -0.2) is 18.0 Å². The standard InChI is InChI=1S/C15H12N2O3S/c1-19-11-5-2-4-10(8-11)17-15(18)13-14(20-9-16-13)12-6-3-7-21-12/h2-9H,1H3,(H,17,18). The van der Waals surface area contributed by atoms with Crippen LogP contribution in [0.25, 0.3) is 10.6 Å². The third kappa shape index (κ3) is 2.80. The van der Waals surface area contributed by atoms with Gasteiger partial charge in [-0.05, 0) is 23.6 Å². The van der Waals surface area contributed by atoms with Crippen LogP contribution >= 0.6 is 11.3 Å². The van der Waals surface area contributed by atoms with Crippen molar-refractivity contribution in [3.8, 4) is 16.4 Å². The normalized spacial score (nSPS) is 10.3. The fraction of sp³-hybridized carbons (Fsp3) is 0.0667. The molecule has 1 amide bonds. The number of hydrogen-bond acceptors (Lipinski definition) is 5. The summed E-state index contributed by atoms with van der Waals surface area (Å²) in [6.07, 6.45) is 1.27. The Morgan fingerprint density at radius 1 is 1.33 bits per heavy atom. The highest BCUT2D eigenvalue weighted by molar-refractivity contribution is 7.13. The van der Waals surface area contributed by atoms with Gasteiger partial charge in [-0.25, -0.2) is 4.98 Å². The van der Waals surface area contributed by atoms with Crippen LogP contribution in [0.15, 0.2) is 52.6 Å². The Labute approximate surface area is 125 Å². The lowest BCUT2D eigenvalue weighted by Gasteiger charge is -2.06. The van der Waals surface area contributed by atoms with Crippen LogP contribution in [-0.2, 0) is 0 Å². The number of nitrogens with zero attached hydrogens (tertiary/aromatic N) is 1. The molecule has 2 heterocycles. The fourth-order valence-electron chi connectivity index (χ4n) is 1.88. The second-order valence-corrected chi connectivity index (χ2v) is 5.14. The molecule has 5 nitrogen and oxygen atoms in total. The van der Waals surface area contributed by atoms with Crippen LogP contribution < -0.4 is 10.1 Å². The molecule has 1 aromatic carbocycles. The van der Waals surface area contributed by atoms with Gasteiger partial charge in [0.15, 0.2) is 17.8 Å². The molecule has 0 bridgehead atoms. The maximum atomic E-state index is 12.3. The maximum absolute atomic E-state index is 12.3. The number of methoxy groups -OCH3 is 1. The first-order valence-electron chi connectivity index (χ1n) is 6.20. The van der Waals surface area contributed by atoms with E-state index in [4.69, 9.17) is 9.15 Å². The number of rotatable bonds is 4. The van der Waals surface area contributed by atoms with Crippen LogP contribution in [0.3, 0.4) is 0 Å². The lowest BCUT2D eigenvalue weighted by molar-refractivity contribution is 0.102. The summed E-state index contributed by atoms with van der Waals surface area (Å²) < 4.78 is 10.5. The molecule has 3 rings (SSSR count). The molecule has 0 unspecified atom stereocenters. The predicted octanol–water partition coefficient (Wildman–Crippen LogP) is 3.66. The van der Waals surface area contributed by atoms with Gasteiger partial charge < -0.3 is 14.5 Å². The SMILES string of the molecule is COc1cccc(NC(=O)c2ncoc2-c2cccs2)c1. The Morgan fingerprint density at radius 3 is 3.00 bits per heavy atom. The second kappa shape index (κ2) is 5.80. The van der Waals surface area contributed by atoms with Gasteiger partial charge in [0.1, 0.15) is 5.75 Å². The molecule has 0 fully saturated rings. The van der Waals surface area contributed by atoms with Crippen molar-refractivity contribution >= 4 is 22.9 Å². The van der Waals surface area contributed by atoms with Crippen LogP contribution in [0.2, 0.25) is 0 Å². The number of oxazole rings is 1. The molecular formula is C15H12N2O3S. The zero-order valence-corrected chi connectivity index (χ0v) is 12.0. The van der Waals surface area contributed by atoms with Crippen molar-refractivity contribution in [3.63, 3.8) is 0 Å². The van der Waals surface area contributed by atoms with Crippen molar-refractivity contribution < 1.29 is 13.9 Å². The first-order valence-corrected chi connectivity index (χ1v) is 7.08. The molecule has 2 aromatic heterocycles. The topological polar surface area (TPSA) is 64.4 Å². The number of thiophene rings is 1. The van der Waals surface area contributed by atoms with Gasteiger partial charge in [0, 0.05) is 11.8 Å². The third-order valence-electron chi connectivity index (χ3n) is 2.86. The Hall–Kier alpha value is -2.60. The van der Waals surface area contributed by atoms with Gasteiger partial charge >= 0.3 is 0 Å². The zero-order valence-electron chi connectivity index (χ0n) is 11.2. The molecule has 1 N–H and O–H groups in total. The quantitative estimate of drug-likeness (QED) is 0.798. The number of benzene rings is 1. The molecule has 0 aliphatic rings. The van der Waals surface area contributed by atoms with E-state index in [1.54, 1.807) is 25.3 Å². The number of carbonyl (C=O) groups is 1. The van der Waals surface area contributed by atoms with E-state index in [9.17, 15) is 4.79 Å². The molecule has 0 saturated heterocycles. The zero-order chi connectivity index (χ0) is 14.7. The Balaban J connectivity index is 1.85. The van der Waals surface area contributed by atoms with Gasteiger partial charge in [-0.15, -0.1) is 11.3 Å². The third-order valence-corrected chi connectivity index (χ3v) is 3.72. The summed E-state index contributed by atoms with van der Waals surface area (Å²) in [4.78, 5) is 17.2. The highest BCUT2D eigenvalue weighted by Gasteiger charge is 2.19. The number of nitrogens with one attached hydrogen (secondary N) is 1. The van der Waals surface area contributed by atoms with Crippen molar-refractivity contribution in [2.24, 2.45) is 0 Å². The van der Waals surface area contributed by atoms with Gasteiger partial charge in [-0.2, -0.15) is 0 Å². The molecule has 0 saturated carbocycles. The van der Waals surface area contributed by atoms with E-state index in [1.165, 1.54) is 17.7 Å². The monoisotopic (exact) mass is 300 g/mol. The lowest BCUT2D eigenvalue weighted by atomic mass is 10.2. The van der Waals surface area contributed by atoms with Gasteiger partial charge in [0.05, 0.1) is 12.0 Å². The van der Waals surface area contributed by atoms with Gasteiger partial charge in [-0.3, -0.25) is 4.79 Å². The minimum atomic E-state index is -0.319. The van der Waals surface area contributed by atoms with E-state index in [0.29, 0.717) is 17.2 Å². The molecule has 0 radical (unpaired) electrons. The molecule has 0 aliphatic carbocycles. The Morgan fingerprint density at radius 2 is 2.24 bits per heavy atom. The lowest BCUT2D eigenvalue weighted by Crippen LogP contribution is -2.13. The molecule has 0 atom stereocenters. The summed E-state index contributed by atoms with van der Waals surface area (Å²) in [5, 5.41) is 4.70. The highest BCUT2D eigenvalue weighted by Crippen LogP contribution is 2.28. The first kappa shape index (κ1) is 13.4. The van der Waals surface area contributed by atoms with Crippen molar-refractivity contribution in [1.29, 1.82) is 0 Å². The summed E-state index contributed by atoms with van der Waals surface area (Å²) in [6.45, 7) is 0. The van der Waals surface area contributed by atoms with Gasteiger partial charge in [-0.1, -0.05) is 12.1 Å². The predicted molar refractivity (Wildman–Crippen MR) is 80.8 cm³/mol. The van der Waals surface area contributed by atoms with Crippen molar-refractivity contribution in [2.45, 2.75) is 0 Å². The molecule has 6 heteroatoms. The summed E-state index contributed by atoms with van der Waals surface area (Å²) in [7, 11) is 1.58.